The second-order valence-electron chi connectivity index (χ2n) is 15.7. The van der Waals surface area contributed by atoms with E-state index in [9.17, 15) is 19.4 Å². The molecule has 3 atom stereocenters. The summed E-state index contributed by atoms with van der Waals surface area (Å²) in [6.07, 6.45) is 44.0. The molecule has 0 rings (SSSR count). The minimum atomic E-state index is -4.57. The van der Waals surface area contributed by atoms with Gasteiger partial charge in [0.2, 0.25) is 5.91 Å². The smallest absolute Gasteiger partial charge is 0.268 e. The molecule has 53 heavy (non-hydrogen) atoms. The normalized spacial score (nSPS) is 14.9. The Balaban J connectivity index is 4.47. The lowest BCUT2D eigenvalue weighted by Crippen LogP contribution is -2.46. The molecule has 0 aromatic heterocycles. The van der Waals surface area contributed by atoms with Crippen molar-refractivity contribution in [2.45, 2.75) is 187 Å². The zero-order valence-corrected chi connectivity index (χ0v) is 35.8. The molecule has 0 saturated carbocycles. The van der Waals surface area contributed by atoms with E-state index in [1.807, 2.05) is 21.1 Å². The number of nitrogens with one attached hydrogen (secondary N) is 1. The Bertz CT molecular complexity index is 1010. The molecule has 0 aromatic carbocycles. The molecule has 310 valence electrons. The SMILES string of the molecule is CC/C=C\C/C=C\C/C=C\C/C=C\CCCCC(=O)NC(COP(=O)([O-])OCC[N+](C)(C)C)C(O)CCCCCCCCCCCCCCCCCC. The van der Waals surface area contributed by atoms with Gasteiger partial charge in [-0.05, 0) is 51.4 Å². The van der Waals surface area contributed by atoms with Gasteiger partial charge in [0, 0.05) is 6.42 Å². The zero-order chi connectivity index (χ0) is 39.3. The van der Waals surface area contributed by atoms with E-state index < -0.39 is 20.0 Å². The molecule has 0 bridgehead atoms. The molecule has 9 heteroatoms. The molecule has 0 spiro atoms. The average Bonchev–Trinajstić information content (AvgIpc) is 3.10. The molecule has 1 amide bonds. The molecule has 2 N–H and O–H groups in total. The van der Waals surface area contributed by atoms with Gasteiger partial charge in [0.1, 0.15) is 13.2 Å². The Morgan fingerprint density at radius 3 is 1.64 bits per heavy atom. The summed E-state index contributed by atoms with van der Waals surface area (Å²) in [4.78, 5) is 25.3. The van der Waals surface area contributed by atoms with Gasteiger partial charge >= 0.3 is 0 Å². The lowest BCUT2D eigenvalue weighted by molar-refractivity contribution is -0.870. The Morgan fingerprint density at radius 2 is 1.15 bits per heavy atom. The summed E-state index contributed by atoms with van der Waals surface area (Å²) >= 11 is 0. The highest BCUT2D eigenvalue weighted by atomic mass is 31.2. The lowest BCUT2D eigenvalue weighted by atomic mass is 10.0. The maximum absolute atomic E-state index is 12.8. The van der Waals surface area contributed by atoms with Crippen LogP contribution in [-0.2, 0) is 18.4 Å². The summed E-state index contributed by atoms with van der Waals surface area (Å²) in [5.41, 5.74) is 0. The van der Waals surface area contributed by atoms with Gasteiger partial charge in [-0.25, -0.2) is 0 Å². The first-order valence-electron chi connectivity index (χ1n) is 21.5. The third-order valence-corrected chi connectivity index (χ3v) is 10.3. The van der Waals surface area contributed by atoms with Crippen LogP contribution in [-0.4, -0.2) is 68.5 Å². The summed E-state index contributed by atoms with van der Waals surface area (Å²) < 4.78 is 23.2. The van der Waals surface area contributed by atoms with Gasteiger partial charge in [-0.2, -0.15) is 0 Å². The van der Waals surface area contributed by atoms with Crippen LogP contribution in [0.4, 0.5) is 0 Å². The summed E-state index contributed by atoms with van der Waals surface area (Å²) in [7, 11) is 1.27. The van der Waals surface area contributed by atoms with Crippen LogP contribution < -0.4 is 10.2 Å². The van der Waals surface area contributed by atoms with Crippen molar-refractivity contribution in [3.8, 4) is 0 Å². The van der Waals surface area contributed by atoms with Crippen molar-refractivity contribution < 1.29 is 32.9 Å². The third kappa shape index (κ3) is 38.5. The van der Waals surface area contributed by atoms with Crippen molar-refractivity contribution in [2.75, 3.05) is 40.9 Å². The first-order valence-corrected chi connectivity index (χ1v) is 22.9. The predicted molar refractivity (Wildman–Crippen MR) is 224 cm³/mol. The molecule has 0 aliphatic heterocycles. The number of unbranched alkanes of at least 4 members (excludes halogenated alkanes) is 17. The van der Waals surface area contributed by atoms with E-state index >= 15 is 0 Å². The number of nitrogens with zero attached hydrogens (tertiary/aromatic N) is 1. The van der Waals surface area contributed by atoms with Gasteiger partial charge in [-0.3, -0.25) is 9.36 Å². The molecule has 0 fully saturated rings. The van der Waals surface area contributed by atoms with E-state index in [1.54, 1.807) is 0 Å². The molecular weight excluding hydrogens is 683 g/mol. The number of rotatable bonds is 38. The van der Waals surface area contributed by atoms with Crippen LogP contribution in [0.2, 0.25) is 0 Å². The number of allylic oxidation sites excluding steroid dienone is 8. The van der Waals surface area contributed by atoms with Crippen LogP contribution in [0.1, 0.15) is 174 Å². The molecule has 0 aliphatic rings. The van der Waals surface area contributed by atoms with Crippen molar-refractivity contribution in [3.05, 3.63) is 48.6 Å². The van der Waals surface area contributed by atoms with Crippen LogP contribution in [0.5, 0.6) is 0 Å². The number of aliphatic hydroxyl groups is 1. The number of hydrogen-bond donors (Lipinski definition) is 2. The summed E-state index contributed by atoms with van der Waals surface area (Å²) in [5, 5.41) is 13.9. The second-order valence-corrected chi connectivity index (χ2v) is 17.1. The fraction of sp³-hybridized carbons (Fsp3) is 0.795. The lowest BCUT2D eigenvalue weighted by Gasteiger charge is -2.30. The Kier molecular flexibility index (Phi) is 35.1. The van der Waals surface area contributed by atoms with Gasteiger partial charge in [-0.15, -0.1) is 0 Å². The molecule has 8 nitrogen and oxygen atoms in total. The average molecular weight is 767 g/mol. The maximum atomic E-state index is 12.8. The van der Waals surface area contributed by atoms with Gasteiger partial charge in [0.25, 0.3) is 7.82 Å². The number of carbonyl (C=O) groups excluding carboxylic acids is 1. The molecule has 3 unspecified atom stereocenters. The standard InChI is InChI=1S/C44H83N2O6P/c1-6-8-10-12-14-16-18-20-22-24-25-27-29-31-33-35-37-43(47)42(41-52-53(49,50)51-40-39-46(3,4)5)45-44(48)38-36-34-32-30-28-26-23-21-19-17-15-13-11-9-7-2/h9,11,15,17,21,23,28,30,42-43,47H,6-8,10,12-14,16,18-20,22,24-27,29,31-41H2,1-5H3,(H-,45,48,49,50)/b11-9-,17-15-,23-21-,30-28-. The van der Waals surface area contributed by atoms with Gasteiger partial charge < -0.3 is 28.8 Å². The summed E-state index contributed by atoms with van der Waals surface area (Å²) in [5.74, 6) is -0.207. The minimum Gasteiger partial charge on any atom is -0.756 e. The van der Waals surface area contributed by atoms with Crippen molar-refractivity contribution in [3.63, 3.8) is 0 Å². The highest BCUT2D eigenvalue weighted by Gasteiger charge is 2.24. The molecule has 0 saturated heterocycles. The van der Waals surface area contributed by atoms with E-state index in [0.29, 0.717) is 30.3 Å². The Labute approximate surface area is 327 Å². The number of hydrogen-bond acceptors (Lipinski definition) is 6. The van der Waals surface area contributed by atoms with E-state index in [4.69, 9.17) is 9.05 Å². The quantitative estimate of drug-likeness (QED) is 0.0280. The monoisotopic (exact) mass is 767 g/mol. The number of aliphatic hydroxyl groups excluding tert-OH is 1. The summed E-state index contributed by atoms with van der Waals surface area (Å²) in [6.45, 7) is 4.56. The van der Waals surface area contributed by atoms with Crippen LogP contribution in [0.25, 0.3) is 0 Å². The maximum Gasteiger partial charge on any atom is 0.268 e. The number of carbonyl (C=O) groups is 1. The topological polar surface area (TPSA) is 108 Å². The first kappa shape index (κ1) is 51.5. The summed E-state index contributed by atoms with van der Waals surface area (Å²) in [6, 6.07) is -0.822. The van der Waals surface area contributed by atoms with Crippen LogP contribution >= 0.6 is 7.82 Å². The Hall–Kier alpha value is -1.54. The highest BCUT2D eigenvalue weighted by molar-refractivity contribution is 7.45. The van der Waals surface area contributed by atoms with Crippen LogP contribution in [0.3, 0.4) is 0 Å². The molecule has 0 aromatic rings. The second kappa shape index (κ2) is 36.1. The fourth-order valence-electron chi connectivity index (χ4n) is 5.91. The van der Waals surface area contributed by atoms with Crippen LogP contribution in [0.15, 0.2) is 48.6 Å². The first-order chi connectivity index (χ1) is 25.5. The largest absolute Gasteiger partial charge is 0.756 e. The zero-order valence-electron chi connectivity index (χ0n) is 35.0. The van der Waals surface area contributed by atoms with E-state index in [2.05, 4.69) is 67.8 Å². The third-order valence-electron chi connectivity index (χ3n) is 9.33. The number of likely N-dealkylation sites (N-methyl/N-ethyl adjacent to an activating group) is 1. The van der Waals surface area contributed by atoms with Crippen molar-refractivity contribution in [1.82, 2.24) is 5.32 Å². The van der Waals surface area contributed by atoms with E-state index in [-0.39, 0.29) is 19.1 Å². The predicted octanol–water partition coefficient (Wildman–Crippen LogP) is 11.1. The fourth-order valence-corrected chi connectivity index (χ4v) is 6.63. The van der Waals surface area contributed by atoms with Crippen molar-refractivity contribution >= 4 is 13.7 Å². The highest BCUT2D eigenvalue weighted by Crippen LogP contribution is 2.38. The molecule has 0 aliphatic carbocycles. The van der Waals surface area contributed by atoms with E-state index in [0.717, 1.165) is 57.8 Å². The van der Waals surface area contributed by atoms with Crippen molar-refractivity contribution in [2.24, 2.45) is 0 Å². The number of phosphoric ester groups is 1. The molecular formula is C44H83N2O6P. The number of quaternary nitrogens is 1. The van der Waals surface area contributed by atoms with Crippen molar-refractivity contribution in [1.29, 1.82) is 0 Å². The van der Waals surface area contributed by atoms with Gasteiger partial charge in [0.15, 0.2) is 0 Å². The van der Waals surface area contributed by atoms with Crippen LogP contribution in [0, 0.1) is 0 Å². The minimum absolute atomic E-state index is 0.00231. The molecule has 0 heterocycles. The number of amides is 1. The molecule has 0 radical (unpaired) electrons. The number of phosphoric acid groups is 1. The van der Waals surface area contributed by atoms with Gasteiger partial charge in [-0.1, -0.05) is 165 Å². The Morgan fingerprint density at radius 1 is 0.679 bits per heavy atom. The van der Waals surface area contributed by atoms with E-state index in [1.165, 1.54) is 83.5 Å². The van der Waals surface area contributed by atoms with Gasteiger partial charge in [0.05, 0.1) is 39.9 Å².